The Morgan fingerprint density at radius 3 is 2.55 bits per heavy atom. The second-order valence-electron chi connectivity index (χ2n) is 6.14. The molecule has 1 aliphatic rings. The summed E-state index contributed by atoms with van der Waals surface area (Å²) in [6.45, 7) is 5.68. The molecule has 3 unspecified atom stereocenters. The number of ether oxygens (including phenoxy) is 1. The van der Waals surface area contributed by atoms with Crippen LogP contribution in [0.4, 0.5) is 4.79 Å². The van der Waals surface area contributed by atoms with Crippen molar-refractivity contribution in [3.8, 4) is 0 Å². The largest absolute Gasteiger partial charge is 0.444 e. The molecular weight excluding hydrogens is 282 g/mol. The second-order valence-corrected chi connectivity index (χ2v) is 6.14. The predicted octanol–water partition coefficient (Wildman–Crippen LogP) is 2.78. The van der Waals surface area contributed by atoms with Crippen LogP contribution >= 0.6 is 0 Å². The number of likely N-dealkylation sites (tertiary alicyclic amines) is 1. The van der Waals surface area contributed by atoms with Crippen LogP contribution in [0.3, 0.4) is 0 Å². The fourth-order valence-corrected chi connectivity index (χ4v) is 2.76. The van der Waals surface area contributed by atoms with E-state index in [-0.39, 0.29) is 30.3 Å². The quantitative estimate of drug-likeness (QED) is 0.912. The lowest BCUT2D eigenvalue weighted by atomic mass is 9.88. The zero-order valence-electron chi connectivity index (χ0n) is 13.2. The standard InChI is InChI=1S/C17H23NO4/c1-11-9-12(2)15(19)18(16(20)13(11)3)17(21)22-10-14-7-5-4-6-8-14/h4-8,11-13,16,20H,9-10H2,1-3H3/t11?,12?,13-,16?/m1/s1. The molecule has 0 aromatic heterocycles. The van der Waals surface area contributed by atoms with Crippen LogP contribution in [0.2, 0.25) is 0 Å². The monoisotopic (exact) mass is 305 g/mol. The highest BCUT2D eigenvalue weighted by Gasteiger charge is 2.41. The van der Waals surface area contributed by atoms with E-state index >= 15 is 0 Å². The molecule has 1 N–H and O–H groups in total. The van der Waals surface area contributed by atoms with Crippen LogP contribution in [0.1, 0.15) is 32.8 Å². The maximum absolute atomic E-state index is 12.4. The van der Waals surface area contributed by atoms with Crippen molar-refractivity contribution in [2.75, 3.05) is 0 Å². The Morgan fingerprint density at radius 2 is 1.91 bits per heavy atom. The van der Waals surface area contributed by atoms with Crippen LogP contribution in [0.15, 0.2) is 30.3 Å². The summed E-state index contributed by atoms with van der Waals surface area (Å²) in [5.74, 6) is -0.709. The maximum Gasteiger partial charge on any atom is 0.419 e. The molecule has 2 amide bonds. The summed E-state index contributed by atoms with van der Waals surface area (Å²) < 4.78 is 5.20. The van der Waals surface area contributed by atoms with E-state index in [1.54, 1.807) is 6.92 Å². The summed E-state index contributed by atoms with van der Waals surface area (Å²) in [4.78, 5) is 25.5. The fourth-order valence-electron chi connectivity index (χ4n) is 2.76. The number of aliphatic hydroxyl groups excluding tert-OH is 1. The van der Waals surface area contributed by atoms with Crippen molar-refractivity contribution in [3.05, 3.63) is 35.9 Å². The molecule has 0 saturated carbocycles. The average molecular weight is 305 g/mol. The zero-order chi connectivity index (χ0) is 16.3. The summed E-state index contributed by atoms with van der Waals surface area (Å²) >= 11 is 0. The highest BCUT2D eigenvalue weighted by molar-refractivity contribution is 5.93. The van der Waals surface area contributed by atoms with Gasteiger partial charge in [0.15, 0.2) is 0 Å². The summed E-state index contributed by atoms with van der Waals surface area (Å²) in [5.41, 5.74) is 0.835. The SMILES string of the molecule is CC1CC(C)[C@@H](C)C(O)N(C(=O)OCc2ccccc2)C1=O. The van der Waals surface area contributed by atoms with Gasteiger partial charge in [0.25, 0.3) is 0 Å². The highest BCUT2D eigenvalue weighted by Crippen LogP contribution is 2.30. The first-order valence-electron chi connectivity index (χ1n) is 7.63. The number of nitrogens with zero attached hydrogens (tertiary/aromatic N) is 1. The van der Waals surface area contributed by atoms with Crippen LogP contribution in [-0.2, 0) is 16.1 Å². The number of carbonyl (C=O) groups excluding carboxylic acids is 2. The van der Waals surface area contributed by atoms with E-state index in [0.29, 0.717) is 6.42 Å². The van der Waals surface area contributed by atoms with Crippen LogP contribution in [0.5, 0.6) is 0 Å². The highest BCUT2D eigenvalue weighted by atomic mass is 16.6. The van der Waals surface area contributed by atoms with Crippen LogP contribution in [-0.4, -0.2) is 28.2 Å². The van der Waals surface area contributed by atoms with Crippen LogP contribution in [0, 0.1) is 17.8 Å². The van der Waals surface area contributed by atoms with Gasteiger partial charge in [0, 0.05) is 11.8 Å². The molecule has 4 atom stereocenters. The normalized spacial score (nSPS) is 29.1. The Hall–Kier alpha value is -1.88. The number of amides is 2. The third-order valence-corrected chi connectivity index (χ3v) is 4.42. The Labute approximate surface area is 130 Å². The lowest BCUT2D eigenvalue weighted by Crippen LogP contribution is -2.48. The molecular formula is C17H23NO4. The molecule has 1 aromatic carbocycles. The first-order valence-corrected chi connectivity index (χ1v) is 7.63. The number of rotatable bonds is 2. The van der Waals surface area contributed by atoms with Gasteiger partial charge in [0.05, 0.1) is 0 Å². The van der Waals surface area contributed by atoms with Gasteiger partial charge in [-0.05, 0) is 17.9 Å². The van der Waals surface area contributed by atoms with Gasteiger partial charge >= 0.3 is 6.09 Å². The molecule has 1 heterocycles. The van der Waals surface area contributed by atoms with Crippen molar-refractivity contribution in [1.29, 1.82) is 0 Å². The topological polar surface area (TPSA) is 66.8 Å². The minimum absolute atomic E-state index is 0.0779. The van der Waals surface area contributed by atoms with Gasteiger partial charge in [-0.15, -0.1) is 0 Å². The Morgan fingerprint density at radius 1 is 1.27 bits per heavy atom. The molecule has 22 heavy (non-hydrogen) atoms. The number of benzene rings is 1. The Kier molecular flexibility index (Phi) is 5.19. The molecule has 5 nitrogen and oxygen atoms in total. The fraction of sp³-hybridized carbons (Fsp3) is 0.529. The smallest absolute Gasteiger partial charge is 0.419 e. The Bertz CT molecular complexity index is 531. The van der Waals surface area contributed by atoms with Crippen molar-refractivity contribution in [2.45, 2.75) is 40.0 Å². The van der Waals surface area contributed by atoms with E-state index in [1.165, 1.54) is 0 Å². The van der Waals surface area contributed by atoms with E-state index in [0.717, 1.165) is 10.5 Å². The summed E-state index contributed by atoms with van der Waals surface area (Å²) in [6, 6.07) is 9.24. The van der Waals surface area contributed by atoms with E-state index in [9.17, 15) is 14.7 Å². The van der Waals surface area contributed by atoms with Crippen LogP contribution < -0.4 is 0 Å². The molecule has 1 aromatic rings. The second kappa shape index (κ2) is 6.92. The third kappa shape index (κ3) is 3.47. The molecule has 0 aliphatic carbocycles. The molecule has 1 fully saturated rings. The lowest BCUT2D eigenvalue weighted by molar-refractivity contribution is -0.142. The first-order chi connectivity index (χ1) is 10.4. The number of hydrogen-bond donors (Lipinski definition) is 1. The predicted molar refractivity (Wildman–Crippen MR) is 81.6 cm³/mol. The van der Waals surface area contributed by atoms with Crippen LogP contribution in [0.25, 0.3) is 0 Å². The maximum atomic E-state index is 12.4. The summed E-state index contributed by atoms with van der Waals surface area (Å²) in [6.07, 6.45) is -1.27. The number of carbonyl (C=O) groups is 2. The van der Waals surface area contributed by atoms with Crippen molar-refractivity contribution < 1.29 is 19.4 Å². The lowest BCUT2D eigenvalue weighted by Gasteiger charge is -2.29. The van der Waals surface area contributed by atoms with Gasteiger partial charge in [-0.2, -0.15) is 0 Å². The van der Waals surface area contributed by atoms with Gasteiger partial charge < -0.3 is 9.84 Å². The summed E-state index contributed by atoms with van der Waals surface area (Å²) in [5, 5.41) is 10.3. The molecule has 2 rings (SSSR count). The molecule has 0 radical (unpaired) electrons. The minimum Gasteiger partial charge on any atom is -0.444 e. The van der Waals surface area contributed by atoms with Crippen molar-refractivity contribution >= 4 is 12.0 Å². The average Bonchev–Trinajstić information content (AvgIpc) is 2.58. The minimum atomic E-state index is -1.14. The van der Waals surface area contributed by atoms with Crippen molar-refractivity contribution in [2.24, 2.45) is 17.8 Å². The van der Waals surface area contributed by atoms with E-state index in [1.807, 2.05) is 44.2 Å². The first kappa shape index (κ1) is 16.5. The number of imide groups is 1. The Balaban J connectivity index is 2.10. The van der Waals surface area contributed by atoms with Crippen molar-refractivity contribution in [1.82, 2.24) is 4.90 Å². The molecule has 1 saturated heterocycles. The molecule has 0 bridgehead atoms. The molecule has 1 aliphatic heterocycles. The van der Waals surface area contributed by atoms with Gasteiger partial charge in [-0.3, -0.25) is 4.79 Å². The van der Waals surface area contributed by atoms with Gasteiger partial charge in [-0.1, -0.05) is 51.1 Å². The van der Waals surface area contributed by atoms with Gasteiger partial charge in [0.1, 0.15) is 12.8 Å². The van der Waals surface area contributed by atoms with Gasteiger partial charge in [-0.25, -0.2) is 9.69 Å². The molecule has 120 valence electrons. The van der Waals surface area contributed by atoms with E-state index in [4.69, 9.17) is 4.74 Å². The van der Waals surface area contributed by atoms with E-state index in [2.05, 4.69) is 0 Å². The van der Waals surface area contributed by atoms with Gasteiger partial charge in [0.2, 0.25) is 5.91 Å². The van der Waals surface area contributed by atoms with E-state index < -0.39 is 12.3 Å². The number of hydrogen-bond acceptors (Lipinski definition) is 4. The summed E-state index contributed by atoms with van der Waals surface area (Å²) in [7, 11) is 0. The van der Waals surface area contributed by atoms with Crippen molar-refractivity contribution in [3.63, 3.8) is 0 Å². The number of aliphatic hydroxyl groups is 1. The molecule has 0 spiro atoms. The zero-order valence-corrected chi connectivity index (χ0v) is 13.2. The third-order valence-electron chi connectivity index (χ3n) is 4.42. The molecule has 5 heteroatoms.